The van der Waals surface area contributed by atoms with Crippen LogP contribution in [0.1, 0.15) is 25.5 Å². The van der Waals surface area contributed by atoms with Crippen LogP contribution >= 0.6 is 0 Å². The van der Waals surface area contributed by atoms with E-state index in [9.17, 15) is 0 Å². The van der Waals surface area contributed by atoms with Crippen LogP contribution in [0.25, 0.3) is 5.69 Å². The molecule has 0 atom stereocenters. The van der Waals surface area contributed by atoms with Gasteiger partial charge in [0.25, 0.3) is 0 Å². The molecule has 1 heterocycles. The molecule has 0 radical (unpaired) electrons. The molecular formula is C12H16N4. The number of aryl methyl sites for hydroxylation is 2. The fourth-order valence-corrected chi connectivity index (χ4v) is 1.64. The van der Waals surface area contributed by atoms with Crippen LogP contribution in [-0.2, 0) is 12.8 Å². The van der Waals surface area contributed by atoms with Gasteiger partial charge in [0.15, 0.2) is 5.82 Å². The molecule has 0 saturated heterocycles. The van der Waals surface area contributed by atoms with E-state index in [2.05, 4.69) is 17.0 Å². The maximum absolute atomic E-state index is 5.94. The summed E-state index contributed by atoms with van der Waals surface area (Å²) in [6.07, 6.45) is 1.69. The Labute approximate surface area is 95.1 Å². The van der Waals surface area contributed by atoms with Crippen LogP contribution in [0, 0.1) is 0 Å². The quantitative estimate of drug-likeness (QED) is 0.798. The summed E-state index contributed by atoms with van der Waals surface area (Å²) in [5.74, 6) is 1.81. The monoisotopic (exact) mass is 216 g/mol. The number of aromatic nitrogens is 3. The molecule has 16 heavy (non-hydrogen) atoms. The number of hydrogen-bond donors (Lipinski definition) is 1. The molecule has 0 aliphatic rings. The molecule has 0 aliphatic carbocycles. The molecule has 0 fully saturated rings. The second-order valence-electron chi connectivity index (χ2n) is 3.62. The maximum Gasteiger partial charge on any atom is 0.151 e. The zero-order chi connectivity index (χ0) is 11.5. The summed E-state index contributed by atoms with van der Waals surface area (Å²) in [6, 6.07) is 7.71. The van der Waals surface area contributed by atoms with Crippen molar-refractivity contribution in [1.82, 2.24) is 14.8 Å². The number of anilines is 1. The van der Waals surface area contributed by atoms with E-state index in [4.69, 9.17) is 5.73 Å². The Kier molecular flexibility index (Phi) is 2.90. The van der Waals surface area contributed by atoms with Gasteiger partial charge in [0.05, 0.1) is 11.4 Å². The van der Waals surface area contributed by atoms with Crippen molar-refractivity contribution in [2.75, 3.05) is 5.73 Å². The number of para-hydroxylation sites is 2. The van der Waals surface area contributed by atoms with Crippen molar-refractivity contribution < 1.29 is 0 Å². The van der Waals surface area contributed by atoms with Crippen molar-refractivity contribution in [3.63, 3.8) is 0 Å². The molecule has 1 aromatic carbocycles. The van der Waals surface area contributed by atoms with E-state index in [0.717, 1.165) is 35.9 Å². The minimum atomic E-state index is 0.727. The molecule has 4 heteroatoms. The highest BCUT2D eigenvalue weighted by molar-refractivity contribution is 5.57. The maximum atomic E-state index is 5.94. The third kappa shape index (κ3) is 1.78. The number of rotatable bonds is 3. The van der Waals surface area contributed by atoms with Gasteiger partial charge in [0, 0.05) is 12.8 Å². The second-order valence-corrected chi connectivity index (χ2v) is 3.62. The number of nitrogens with two attached hydrogens (primary N) is 1. The van der Waals surface area contributed by atoms with Crippen molar-refractivity contribution in [3.05, 3.63) is 35.9 Å². The summed E-state index contributed by atoms with van der Waals surface area (Å²) in [4.78, 5) is 4.46. The Morgan fingerprint density at radius 1 is 1.19 bits per heavy atom. The average molecular weight is 216 g/mol. The van der Waals surface area contributed by atoms with Crippen molar-refractivity contribution in [3.8, 4) is 5.69 Å². The van der Waals surface area contributed by atoms with Crippen LogP contribution in [0.2, 0.25) is 0 Å². The minimum Gasteiger partial charge on any atom is -0.397 e. The van der Waals surface area contributed by atoms with Gasteiger partial charge >= 0.3 is 0 Å². The van der Waals surface area contributed by atoms with Crippen molar-refractivity contribution in [2.24, 2.45) is 0 Å². The van der Waals surface area contributed by atoms with Crippen molar-refractivity contribution in [1.29, 1.82) is 0 Å². The van der Waals surface area contributed by atoms with E-state index in [0.29, 0.717) is 0 Å². The lowest BCUT2D eigenvalue weighted by Gasteiger charge is -2.06. The van der Waals surface area contributed by atoms with Gasteiger partial charge in [0.2, 0.25) is 0 Å². The van der Waals surface area contributed by atoms with Gasteiger partial charge in [-0.25, -0.2) is 9.67 Å². The van der Waals surface area contributed by atoms with Crippen LogP contribution in [-0.4, -0.2) is 14.8 Å². The molecule has 0 amide bonds. The summed E-state index contributed by atoms with van der Waals surface area (Å²) in [6.45, 7) is 4.12. The summed E-state index contributed by atoms with van der Waals surface area (Å²) in [5.41, 5.74) is 7.57. The molecule has 0 aliphatic heterocycles. The molecule has 0 spiro atoms. The molecule has 84 valence electrons. The summed E-state index contributed by atoms with van der Waals surface area (Å²) >= 11 is 0. The van der Waals surface area contributed by atoms with Gasteiger partial charge in [-0.1, -0.05) is 26.0 Å². The lowest BCUT2D eigenvalue weighted by molar-refractivity contribution is 0.793. The summed E-state index contributed by atoms with van der Waals surface area (Å²) in [7, 11) is 0. The molecule has 0 bridgehead atoms. The van der Waals surface area contributed by atoms with Crippen molar-refractivity contribution in [2.45, 2.75) is 26.7 Å². The number of nitrogen functional groups attached to an aromatic ring is 1. The number of benzene rings is 1. The smallest absolute Gasteiger partial charge is 0.151 e. The highest BCUT2D eigenvalue weighted by Gasteiger charge is 2.10. The lowest BCUT2D eigenvalue weighted by atomic mass is 10.2. The standard InChI is InChI=1S/C12H16N4/c1-3-11-14-12(4-2)16(15-11)10-8-6-5-7-9(10)13/h5-8H,3-4,13H2,1-2H3. The zero-order valence-corrected chi connectivity index (χ0v) is 9.64. The van der Waals surface area contributed by atoms with Gasteiger partial charge in [-0.2, -0.15) is 5.10 Å². The topological polar surface area (TPSA) is 56.7 Å². The highest BCUT2D eigenvalue weighted by Crippen LogP contribution is 2.17. The van der Waals surface area contributed by atoms with Crippen LogP contribution in [0.3, 0.4) is 0 Å². The van der Waals surface area contributed by atoms with E-state index in [1.165, 1.54) is 0 Å². The predicted molar refractivity (Wildman–Crippen MR) is 64.5 cm³/mol. The van der Waals surface area contributed by atoms with E-state index in [-0.39, 0.29) is 0 Å². The van der Waals surface area contributed by atoms with E-state index >= 15 is 0 Å². The molecule has 0 unspecified atom stereocenters. The van der Waals surface area contributed by atoms with Gasteiger partial charge in [0.1, 0.15) is 5.82 Å². The van der Waals surface area contributed by atoms with Crippen molar-refractivity contribution >= 4 is 5.69 Å². The van der Waals surface area contributed by atoms with Gasteiger partial charge in [-0.3, -0.25) is 0 Å². The van der Waals surface area contributed by atoms with E-state index < -0.39 is 0 Å². The first kappa shape index (κ1) is 10.7. The van der Waals surface area contributed by atoms with E-state index in [1.54, 1.807) is 0 Å². The first-order valence-corrected chi connectivity index (χ1v) is 5.56. The fraction of sp³-hybridized carbons (Fsp3) is 0.333. The molecule has 2 N–H and O–H groups in total. The Morgan fingerprint density at radius 3 is 2.56 bits per heavy atom. The Hall–Kier alpha value is -1.84. The SMILES string of the molecule is CCc1nc(CC)n(-c2ccccc2N)n1. The summed E-state index contributed by atoms with van der Waals surface area (Å²) < 4.78 is 1.84. The second kappa shape index (κ2) is 4.35. The first-order chi connectivity index (χ1) is 7.76. The predicted octanol–water partition coefficient (Wildman–Crippen LogP) is 1.97. The third-order valence-electron chi connectivity index (χ3n) is 2.52. The molecule has 4 nitrogen and oxygen atoms in total. The molecule has 0 saturated carbocycles. The summed E-state index contributed by atoms with van der Waals surface area (Å²) in [5, 5.41) is 4.46. The molecule has 2 rings (SSSR count). The number of hydrogen-bond acceptors (Lipinski definition) is 3. The largest absolute Gasteiger partial charge is 0.397 e. The van der Waals surface area contributed by atoms with Crippen LogP contribution in [0.5, 0.6) is 0 Å². The lowest BCUT2D eigenvalue weighted by Crippen LogP contribution is -2.05. The third-order valence-corrected chi connectivity index (χ3v) is 2.52. The van der Waals surface area contributed by atoms with Gasteiger partial charge in [-0.15, -0.1) is 0 Å². The van der Waals surface area contributed by atoms with Crippen LogP contribution in [0.4, 0.5) is 5.69 Å². The molecular weight excluding hydrogens is 200 g/mol. The Bertz CT molecular complexity index is 488. The van der Waals surface area contributed by atoms with Crippen LogP contribution in [0.15, 0.2) is 24.3 Å². The van der Waals surface area contributed by atoms with Gasteiger partial charge < -0.3 is 5.73 Å². The molecule has 2 aromatic rings. The van der Waals surface area contributed by atoms with E-state index in [1.807, 2.05) is 35.9 Å². The fourth-order valence-electron chi connectivity index (χ4n) is 1.64. The normalized spacial score (nSPS) is 10.6. The molecule has 1 aromatic heterocycles. The van der Waals surface area contributed by atoms with Crippen LogP contribution < -0.4 is 5.73 Å². The zero-order valence-electron chi connectivity index (χ0n) is 9.64. The highest BCUT2D eigenvalue weighted by atomic mass is 15.4. The first-order valence-electron chi connectivity index (χ1n) is 5.56. The Balaban J connectivity index is 2.54. The number of nitrogens with zero attached hydrogens (tertiary/aromatic N) is 3. The Morgan fingerprint density at radius 2 is 1.94 bits per heavy atom. The average Bonchev–Trinajstić information content (AvgIpc) is 2.72. The minimum absolute atomic E-state index is 0.727. The van der Waals surface area contributed by atoms with Gasteiger partial charge in [-0.05, 0) is 12.1 Å².